The highest BCUT2D eigenvalue weighted by atomic mass is 16.3. The summed E-state index contributed by atoms with van der Waals surface area (Å²) < 4.78 is 5.49. The number of carbonyl (C=O) groups is 3. The van der Waals surface area contributed by atoms with Crippen molar-refractivity contribution in [2.45, 2.75) is 20.4 Å². The van der Waals surface area contributed by atoms with Crippen molar-refractivity contribution in [2.24, 2.45) is 5.92 Å². The Hall–Kier alpha value is -3.86. The Bertz CT molecular complexity index is 939. The van der Waals surface area contributed by atoms with Crippen LogP contribution < -0.4 is 16.0 Å². The molecule has 0 aliphatic rings. The molecule has 0 saturated heterocycles. The Balaban J connectivity index is 1.90. The number of hydrogen-bond acceptors (Lipinski definition) is 5. The van der Waals surface area contributed by atoms with Crippen molar-refractivity contribution in [3.63, 3.8) is 0 Å². The van der Waals surface area contributed by atoms with Crippen molar-refractivity contribution < 1.29 is 18.8 Å². The second kappa shape index (κ2) is 10.5. The SMILES string of the molecule is CC(C)CNC(=O)C(C#N)=Cc1ccc(CNC(=O)C(=O)Nc2ccccc2)o1. The molecule has 3 N–H and O–H groups in total. The molecule has 0 aliphatic carbocycles. The maximum absolute atomic E-state index is 12.0. The van der Waals surface area contributed by atoms with Crippen LogP contribution in [0.1, 0.15) is 25.4 Å². The van der Waals surface area contributed by atoms with Crippen LogP contribution in [-0.4, -0.2) is 24.3 Å². The van der Waals surface area contributed by atoms with E-state index in [-0.39, 0.29) is 18.0 Å². The highest BCUT2D eigenvalue weighted by Gasteiger charge is 2.15. The zero-order chi connectivity index (χ0) is 21.2. The Morgan fingerprint density at radius 1 is 1.03 bits per heavy atom. The minimum atomic E-state index is -0.812. The molecule has 0 fully saturated rings. The molecule has 29 heavy (non-hydrogen) atoms. The van der Waals surface area contributed by atoms with Crippen LogP contribution in [0.4, 0.5) is 5.69 Å². The van der Waals surface area contributed by atoms with Gasteiger partial charge in [-0.2, -0.15) is 5.26 Å². The van der Waals surface area contributed by atoms with Crippen LogP contribution in [-0.2, 0) is 20.9 Å². The summed E-state index contributed by atoms with van der Waals surface area (Å²) in [6, 6.07) is 13.6. The summed E-state index contributed by atoms with van der Waals surface area (Å²) >= 11 is 0. The first-order valence-corrected chi connectivity index (χ1v) is 9.02. The van der Waals surface area contributed by atoms with Crippen LogP contribution in [0.25, 0.3) is 6.08 Å². The molecule has 8 nitrogen and oxygen atoms in total. The lowest BCUT2D eigenvalue weighted by atomic mass is 10.2. The van der Waals surface area contributed by atoms with Gasteiger partial charge < -0.3 is 20.4 Å². The van der Waals surface area contributed by atoms with Gasteiger partial charge in [0.2, 0.25) is 0 Å². The number of para-hydroxylation sites is 1. The van der Waals surface area contributed by atoms with Crippen molar-refractivity contribution in [1.82, 2.24) is 10.6 Å². The Morgan fingerprint density at radius 3 is 2.41 bits per heavy atom. The molecule has 1 aromatic carbocycles. The Morgan fingerprint density at radius 2 is 1.76 bits per heavy atom. The van der Waals surface area contributed by atoms with Crippen molar-refractivity contribution in [1.29, 1.82) is 5.26 Å². The average molecular weight is 394 g/mol. The van der Waals surface area contributed by atoms with Crippen LogP contribution in [0, 0.1) is 17.2 Å². The number of nitrogens with one attached hydrogen (secondary N) is 3. The van der Waals surface area contributed by atoms with E-state index >= 15 is 0 Å². The van der Waals surface area contributed by atoms with Gasteiger partial charge in [-0.3, -0.25) is 14.4 Å². The van der Waals surface area contributed by atoms with E-state index in [1.54, 1.807) is 42.5 Å². The molecule has 2 rings (SSSR count). The van der Waals surface area contributed by atoms with Crippen LogP contribution in [0.3, 0.4) is 0 Å². The number of nitrogens with zero attached hydrogens (tertiary/aromatic N) is 1. The van der Waals surface area contributed by atoms with E-state index in [9.17, 15) is 14.4 Å². The average Bonchev–Trinajstić information content (AvgIpc) is 3.16. The maximum Gasteiger partial charge on any atom is 0.313 e. The second-order valence-corrected chi connectivity index (χ2v) is 6.58. The van der Waals surface area contributed by atoms with Gasteiger partial charge in [0.05, 0.1) is 6.54 Å². The van der Waals surface area contributed by atoms with Crippen LogP contribution in [0.5, 0.6) is 0 Å². The Labute approximate surface area is 168 Å². The molecule has 0 unspecified atom stereocenters. The summed E-state index contributed by atoms with van der Waals surface area (Å²) in [5, 5.41) is 16.7. The summed E-state index contributed by atoms with van der Waals surface area (Å²) in [5.74, 6) is -1.16. The predicted octanol–water partition coefficient (Wildman–Crippen LogP) is 2.21. The number of anilines is 1. The number of amides is 3. The fourth-order valence-corrected chi connectivity index (χ4v) is 2.21. The van der Waals surface area contributed by atoms with Crippen LogP contribution in [0.2, 0.25) is 0 Å². The van der Waals surface area contributed by atoms with Crippen LogP contribution >= 0.6 is 0 Å². The summed E-state index contributed by atoms with van der Waals surface area (Å²) in [6.07, 6.45) is 1.32. The normalized spacial score (nSPS) is 10.9. The van der Waals surface area contributed by atoms with Gasteiger partial charge in [-0.05, 0) is 30.2 Å². The van der Waals surface area contributed by atoms with Gasteiger partial charge >= 0.3 is 11.8 Å². The van der Waals surface area contributed by atoms with Gasteiger partial charge in [0, 0.05) is 18.3 Å². The molecule has 1 aromatic heterocycles. The van der Waals surface area contributed by atoms with E-state index in [1.807, 2.05) is 19.9 Å². The standard InChI is InChI=1S/C21H22N4O4/c1-14(2)12-23-19(26)15(11-22)10-17-8-9-18(29-17)13-24-20(27)21(28)25-16-6-4-3-5-7-16/h3-10,14H,12-13H2,1-2H3,(H,23,26)(H,24,27)(H,25,28). The molecule has 0 bridgehead atoms. The topological polar surface area (TPSA) is 124 Å². The first kappa shape index (κ1) is 21.4. The number of hydrogen-bond donors (Lipinski definition) is 3. The highest BCUT2D eigenvalue weighted by Crippen LogP contribution is 2.12. The quantitative estimate of drug-likeness (QED) is 0.377. The lowest BCUT2D eigenvalue weighted by molar-refractivity contribution is -0.136. The first-order valence-electron chi connectivity index (χ1n) is 9.02. The third-order valence-corrected chi connectivity index (χ3v) is 3.67. The summed E-state index contributed by atoms with van der Waals surface area (Å²) in [5.41, 5.74) is 0.427. The minimum absolute atomic E-state index is 0.0175. The summed E-state index contributed by atoms with van der Waals surface area (Å²) in [4.78, 5) is 35.7. The van der Waals surface area contributed by atoms with Gasteiger partial charge in [-0.1, -0.05) is 32.0 Å². The molecule has 1 heterocycles. The van der Waals surface area contributed by atoms with Crippen molar-refractivity contribution >= 4 is 29.5 Å². The molecule has 8 heteroatoms. The lowest BCUT2D eigenvalue weighted by Gasteiger charge is -2.06. The number of rotatable bonds is 7. The monoisotopic (exact) mass is 394 g/mol. The molecular weight excluding hydrogens is 372 g/mol. The van der Waals surface area contributed by atoms with Crippen molar-refractivity contribution in [2.75, 3.05) is 11.9 Å². The number of benzene rings is 1. The van der Waals surface area contributed by atoms with Gasteiger partial charge in [-0.25, -0.2) is 0 Å². The predicted molar refractivity (Wildman–Crippen MR) is 107 cm³/mol. The lowest BCUT2D eigenvalue weighted by Crippen LogP contribution is -2.34. The van der Waals surface area contributed by atoms with E-state index < -0.39 is 17.7 Å². The van der Waals surface area contributed by atoms with E-state index in [0.29, 0.717) is 23.8 Å². The highest BCUT2D eigenvalue weighted by molar-refractivity contribution is 6.39. The first-order chi connectivity index (χ1) is 13.9. The van der Waals surface area contributed by atoms with E-state index in [0.717, 1.165) is 0 Å². The summed E-state index contributed by atoms with van der Waals surface area (Å²) in [6.45, 7) is 4.33. The fraction of sp³-hybridized carbons (Fsp3) is 0.238. The molecule has 0 atom stereocenters. The Kier molecular flexibility index (Phi) is 7.74. The third kappa shape index (κ3) is 6.99. The molecule has 3 amide bonds. The van der Waals surface area contributed by atoms with Gasteiger partial charge in [0.1, 0.15) is 23.2 Å². The second-order valence-electron chi connectivity index (χ2n) is 6.58. The molecular formula is C21H22N4O4. The molecule has 0 aliphatic heterocycles. The van der Waals surface area contributed by atoms with E-state index in [1.165, 1.54) is 6.08 Å². The van der Waals surface area contributed by atoms with Crippen LogP contribution in [0.15, 0.2) is 52.5 Å². The zero-order valence-electron chi connectivity index (χ0n) is 16.2. The molecule has 0 radical (unpaired) electrons. The van der Waals surface area contributed by atoms with E-state index in [4.69, 9.17) is 9.68 Å². The smallest absolute Gasteiger partial charge is 0.313 e. The fourth-order valence-electron chi connectivity index (χ4n) is 2.21. The number of nitriles is 1. The molecule has 2 aromatic rings. The zero-order valence-corrected chi connectivity index (χ0v) is 16.2. The maximum atomic E-state index is 12.0. The summed E-state index contributed by atoms with van der Waals surface area (Å²) in [7, 11) is 0. The van der Waals surface area contributed by atoms with Gasteiger partial charge in [-0.15, -0.1) is 0 Å². The largest absolute Gasteiger partial charge is 0.460 e. The molecule has 150 valence electrons. The van der Waals surface area contributed by atoms with Crippen molar-refractivity contribution in [3.8, 4) is 6.07 Å². The number of carbonyl (C=O) groups excluding carboxylic acids is 3. The minimum Gasteiger partial charge on any atom is -0.460 e. The number of furan rings is 1. The molecule has 0 spiro atoms. The van der Waals surface area contributed by atoms with Gasteiger partial charge in [0.25, 0.3) is 5.91 Å². The third-order valence-electron chi connectivity index (χ3n) is 3.67. The van der Waals surface area contributed by atoms with E-state index in [2.05, 4.69) is 16.0 Å². The molecule has 0 saturated carbocycles. The van der Waals surface area contributed by atoms with Crippen molar-refractivity contribution in [3.05, 3.63) is 59.6 Å². The van der Waals surface area contributed by atoms with Gasteiger partial charge in [0.15, 0.2) is 0 Å².